The molecule has 1 N–H and O–H groups in total. The molecule has 0 aliphatic carbocycles. The zero-order valence-corrected chi connectivity index (χ0v) is 17.4. The number of thiocarbonyl (C=S) groups is 1. The molecule has 0 radical (unpaired) electrons. The standard InChI is InChI=1S/C22H19N3O4S/c1-24-12-13(15-6-4-5-7-17(15)24)10-16-20(26)23-22(30)25(21(16)27)18-9-8-14(28-2)11-19(18)29-3/h4-12H,1-3H3,(H,23,26,30)/b16-10+. The van der Waals surface area contributed by atoms with Crippen LogP contribution in [0.15, 0.2) is 54.2 Å². The Morgan fingerprint density at radius 1 is 1.07 bits per heavy atom. The van der Waals surface area contributed by atoms with E-state index in [1.807, 2.05) is 42.1 Å². The van der Waals surface area contributed by atoms with E-state index in [1.165, 1.54) is 19.1 Å². The second-order valence-corrected chi connectivity index (χ2v) is 7.09. The van der Waals surface area contributed by atoms with Crippen molar-refractivity contribution in [1.82, 2.24) is 9.88 Å². The summed E-state index contributed by atoms with van der Waals surface area (Å²) in [6.07, 6.45) is 3.47. The Hall–Kier alpha value is -3.65. The quantitative estimate of drug-likeness (QED) is 0.398. The molecule has 0 spiro atoms. The zero-order valence-electron chi connectivity index (χ0n) is 16.6. The second kappa shape index (κ2) is 7.64. The van der Waals surface area contributed by atoms with E-state index < -0.39 is 11.8 Å². The largest absolute Gasteiger partial charge is 0.497 e. The lowest BCUT2D eigenvalue weighted by atomic mass is 10.1. The number of carbonyl (C=O) groups excluding carboxylic acids is 2. The average Bonchev–Trinajstić information content (AvgIpc) is 3.07. The maximum Gasteiger partial charge on any atom is 0.270 e. The number of methoxy groups -OCH3 is 2. The third-order valence-electron chi connectivity index (χ3n) is 4.96. The van der Waals surface area contributed by atoms with Crippen LogP contribution in [0.2, 0.25) is 0 Å². The SMILES string of the molecule is COc1ccc(N2C(=O)/C(=C/c3cn(C)c4ccccc34)C(=O)NC2=S)c(OC)c1. The number of para-hydroxylation sites is 1. The maximum atomic E-state index is 13.3. The summed E-state index contributed by atoms with van der Waals surface area (Å²) in [7, 11) is 4.94. The van der Waals surface area contributed by atoms with Gasteiger partial charge in [0.2, 0.25) is 0 Å². The molecule has 8 heteroatoms. The minimum absolute atomic E-state index is 0.0106. The van der Waals surface area contributed by atoms with Crippen molar-refractivity contribution in [2.45, 2.75) is 0 Å². The van der Waals surface area contributed by atoms with E-state index in [4.69, 9.17) is 21.7 Å². The Balaban J connectivity index is 1.81. The summed E-state index contributed by atoms with van der Waals surface area (Å²) in [5.41, 5.74) is 2.16. The van der Waals surface area contributed by atoms with E-state index >= 15 is 0 Å². The fraction of sp³-hybridized carbons (Fsp3) is 0.136. The van der Waals surface area contributed by atoms with Crippen molar-refractivity contribution in [3.05, 3.63) is 59.8 Å². The predicted molar refractivity (Wildman–Crippen MR) is 119 cm³/mol. The third kappa shape index (κ3) is 3.21. The first-order valence-corrected chi connectivity index (χ1v) is 9.53. The number of hydrogen-bond donors (Lipinski definition) is 1. The molecule has 30 heavy (non-hydrogen) atoms. The van der Waals surface area contributed by atoms with Gasteiger partial charge < -0.3 is 14.0 Å². The molecule has 4 rings (SSSR count). The molecule has 0 saturated carbocycles. The summed E-state index contributed by atoms with van der Waals surface area (Å²) >= 11 is 5.29. The number of fused-ring (bicyclic) bond motifs is 1. The number of aryl methyl sites for hydroxylation is 1. The average molecular weight is 421 g/mol. The number of nitrogens with one attached hydrogen (secondary N) is 1. The van der Waals surface area contributed by atoms with Crippen LogP contribution in [0.1, 0.15) is 5.56 Å². The van der Waals surface area contributed by atoms with Crippen LogP contribution in [-0.4, -0.2) is 35.7 Å². The van der Waals surface area contributed by atoms with Gasteiger partial charge in [0.05, 0.1) is 19.9 Å². The Labute approximate surface area is 178 Å². The van der Waals surface area contributed by atoms with Crippen LogP contribution >= 0.6 is 12.2 Å². The molecule has 2 heterocycles. The number of carbonyl (C=O) groups is 2. The molecular formula is C22H19N3O4S. The summed E-state index contributed by atoms with van der Waals surface area (Å²) < 4.78 is 12.6. The highest BCUT2D eigenvalue weighted by molar-refractivity contribution is 7.80. The van der Waals surface area contributed by atoms with Crippen molar-refractivity contribution in [3.63, 3.8) is 0 Å². The van der Waals surface area contributed by atoms with Gasteiger partial charge in [0, 0.05) is 35.8 Å². The summed E-state index contributed by atoms with van der Waals surface area (Å²) in [6.45, 7) is 0. The Morgan fingerprint density at radius 3 is 2.57 bits per heavy atom. The minimum Gasteiger partial charge on any atom is -0.497 e. The van der Waals surface area contributed by atoms with Crippen LogP contribution in [0.25, 0.3) is 17.0 Å². The van der Waals surface area contributed by atoms with Crippen LogP contribution in [0.4, 0.5) is 5.69 Å². The van der Waals surface area contributed by atoms with E-state index in [-0.39, 0.29) is 10.7 Å². The lowest BCUT2D eigenvalue weighted by Gasteiger charge is -2.30. The molecular weight excluding hydrogens is 402 g/mol. The van der Waals surface area contributed by atoms with Gasteiger partial charge in [0.25, 0.3) is 11.8 Å². The molecule has 152 valence electrons. The molecule has 2 aromatic carbocycles. The fourth-order valence-corrected chi connectivity index (χ4v) is 3.76. The molecule has 0 bridgehead atoms. The van der Waals surface area contributed by atoms with Crippen molar-refractivity contribution >= 4 is 51.8 Å². The van der Waals surface area contributed by atoms with Crippen LogP contribution < -0.4 is 19.7 Å². The number of rotatable bonds is 4. The summed E-state index contributed by atoms with van der Waals surface area (Å²) in [4.78, 5) is 27.2. The van der Waals surface area contributed by atoms with Crippen molar-refractivity contribution in [3.8, 4) is 11.5 Å². The van der Waals surface area contributed by atoms with E-state index in [1.54, 1.807) is 24.3 Å². The van der Waals surface area contributed by atoms with Gasteiger partial charge in [-0.1, -0.05) is 18.2 Å². The fourth-order valence-electron chi connectivity index (χ4n) is 3.49. The third-order valence-corrected chi connectivity index (χ3v) is 5.24. The van der Waals surface area contributed by atoms with Crippen molar-refractivity contribution in [2.75, 3.05) is 19.1 Å². The highest BCUT2D eigenvalue weighted by atomic mass is 32.1. The van der Waals surface area contributed by atoms with Gasteiger partial charge >= 0.3 is 0 Å². The Kier molecular flexibility index (Phi) is 5.01. The Bertz CT molecular complexity index is 1230. The first-order valence-electron chi connectivity index (χ1n) is 9.12. The highest BCUT2D eigenvalue weighted by Gasteiger charge is 2.36. The molecule has 3 aromatic rings. The predicted octanol–water partition coefficient (Wildman–Crippen LogP) is 3.03. The van der Waals surface area contributed by atoms with Crippen LogP contribution in [0, 0.1) is 0 Å². The Morgan fingerprint density at radius 2 is 1.83 bits per heavy atom. The first-order chi connectivity index (χ1) is 14.4. The van der Waals surface area contributed by atoms with Crippen LogP contribution in [0.3, 0.4) is 0 Å². The molecule has 1 fully saturated rings. The van der Waals surface area contributed by atoms with Crippen molar-refractivity contribution < 1.29 is 19.1 Å². The van der Waals surface area contributed by atoms with E-state index in [0.29, 0.717) is 17.2 Å². The van der Waals surface area contributed by atoms with Gasteiger partial charge in [-0.05, 0) is 36.5 Å². The lowest BCUT2D eigenvalue weighted by Crippen LogP contribution is -2.54. The number of ether oxygens (including phenoxy) is 2. The number of nitrogens with zero attached hydrogens (tertiary/aromatic N) is 2. The van der Waals surface area contributed by atoms with E-state index in [2.05, 4.69) is 5.32 Å². The summed E-state index contributed by atoms with van der Waals surface area (Å²) in [5.74, 6) is -0.103. The molecule has 1 aromatic heterocycles. The van der Waals surface area contributed by atoms with E-state index in [9.17, 15) is 9.59 Å². The monoisotopic (exact) mass is 421 g/mol. The van der Waals surface area contributed by atoms with Crippen LogP contribution in [-0.2, 0) is 16.6 Å². The molecule has 1 aliphatic heterocycles. The minimum atomic E-state index is -0.540. The maximum absolute atomic E-state index is 13.3. The highest BCUT2D eigenvalue weighted by Crippen LogP contribution is 2.34. The molecule has 1 saturated heterocycles. The molecule has 1 aliphatic rings. The topological polar surface area (TPSA) is 72.8 Å². The number of amides is 2. The second-order valence-electron chi connectivity index (χ2n) is 6.71. The normalized spacial score (nSPS) is 15.6. The molecule has 0 unspecified atom stereocenters. The van der Waals surface area contributed by atoms with Gasteiger partial charge in [-0.3, -0.25) is 14.9 Å². The van der Waals surface area contributed by atoms with Crippen molar-refractivity contribution in [1.29, 1.82) is 0 Å². The first kappa shape index (κ1) is 19.7. The van der Waals surface area contributed by atoms with Gasteiger partial charge in [0.1, 0.15) is 17.1 Å². The van der Waals surface area contributed by atoms with Gasteiger partial charge in [-0.2, -0.15) is 0 Å². The zero-order chi connectivity index (χ0) is 21.4. The molecule has 2 amide bonds. The van der Waals surface area contributed by atoms with Gasteiger partial charge in [0.15, 0.2) is 5.11 Å². The molecule has 0 atom stereocenters. The number of benzene rings is 2. The number of anilines is 1. The van der Waals surface area contributed by atoms with Crippen LogP contribution in [0.5, 0.6) is 11.5 Å². The summed E-state index contributed by atoms with van der Waals surface area (Å²) in [6, 6.07) is 12.8. The number of hydrogen-bond acceptors (Lipinski definition) is 5. The van der Waals surface area contributed by atoms with Gasteiger partial charge in [-0.25, -0.2) is 4.90 Å². The number of aromatic nitrogens is 1. The summed E-state index contributed by atoms with van der Waals surface area (Å²) in [5, 5.41) is 3.53. The van der Waals surface area contributed by atoms with E-state index in [0.717, 1.165) is 16.5 Å². The van der Waals surface area contributed by atoms with Crippen molar-refractivity contribution in [2.24, 2.45) is 7.05 Å². The molecule has 7 nitrogen and oxygen atoms in total. The lowest BCUT2D eigenvalue weighted by molar-refractivity contribution is -0.122. The smallest absolute Gasteiger partial charge is 0.270 e. The van der Waals surface area contributed by atoms with Gasteiger partial charge in [-0.15, -0.1) is 0 Å².